The molecule has 0 aromatic heterocycles. The molecule has 1 aliphatic heterocycles. The highest BCUT2D eigenvalue weighted by Crippen LogP contribution is 2.21. The predicted molar refractivity (Wildman–Crippen MR) is 106 cm³/mol. The molecule has 1 heterocycles. The second-order valence-electron chi connectivity index (χ2n) is 6.73. The summed E-state index contributed by atoms with van der Waals surface area (Å²) in [6.45, 7) is 3.31. The smallest absolute Gasteiger partial charge is 0.410 e. The van der Waals surface area contributed by atoms with Crippen molar-refractivity contribution in [2.75, 3.05) is 13.1 Å². The fourth-order valence-electron chi connectivity index (χ4n) is 3.19. The van der Waals surface area contributed by atoms with Gasteiger partial charge >= 0.3 is 6.09 Å². The van der Waals surface area contributed by atoms with Crippen molar-refractivity contribution in [1.29, 1.82) is 0 Å². The molecular formula is C21H21N3O5. The molecular weight excluding hydrogens is 374 g/mol. The van der Waals surface area contributed by atoms with Gasteiger partial charge in [-0.1, -0.05) is 30.3 Å². The first-order valence-corrected chi connectivity index (χ1v) is 9.15. The lowest BCUT2D eigenvalue weighted by Crippen LogP contribution is -2.40. The fourth-order valence-corrected chi connectivity index (χ4v) is 3.19. The quantitative estimate of drug-likeness (QED) is 0.594. The Labute approximate surface area is 167 Å². The molecule has 0 spiro atoms. The number of hydrogen-bond acceptors (Lipinski definition) is 6. The van der Waals surface area contributed by atoms with Crippen molar-refractivity contribution >= 4 is 17.6 Å². The van der Waals surface area contributed by atoms with Gasteiger partial charge in [-0.25, -0.2) is 4.79 Å². The normalized spacial score (nSPS) is 14.4. The lowest BCUT2D eigenvalue weighted by atomic mass is 10.0. The average molecular weight is 395 g/mol. The summed E-state index contributed by atoms with van der Waals surface area (Å²) in [6.07, 6.45) is -0.204. The van der Waals surface area contributed by atoms with Crippen LogP contribution in [0.15, 0.2) is 65.9 Å². The van der Waals surface area contributed by atoms with Crippen LogP contribution in [0.5, 0.6) is 5.75 Å². The number of nitro groups is 1. The van der Waals surface area contributed by atoms with Crippen LogP contribution >= 0.6 is 0 Å². The zero-order valence-electron chi connectivity index (χ0n) is 16.0. The maximum atomic E-state index is 12.3. The predicted octanol–water partition coefficient (Wildman–Crippen LogP) is 3.43. The molecule has 0 fully saturated rings. The Bertz CT molecular complexity index is 939. The number of nitrogens with zero attached hydrogens (tertiary/aromatic N) is 2. The standard InChI is InChI=1S/C21H21N3O5/c1-15(25)19-11-12-23(13-16-5-3-2-4-6-16)14-20(19)22-21(26)29-18-9-7-17(8-10-18)24(27)28/h2-10H,11-14H2,1H3,(H,22,26). The van der Waals surface area contributed by atoms with E-state index in [9.17, 15) is 19.7 Å². The Hall–Kier alpha value is -3.52. The molecule has 0 saturated heterocycles. The van der Waals surface area contributed by atoms with E-state index in [4.69, 9.17) is 4.74 Å². The van der Waals surface area contributed by atoms with Crippen LogP contribution in [-0.4, -0.2) is 34.8 Å². The van der Waals surface area contributed by atoms with Crippen LogP contribution in [0.4, 0.5) is 10.5 Å². The Balaban J connectivity index is 1.67. The summed E-state index contributed by atoms with van der Waals surface area (Å²) in [5.74, 6) is 0.0880. The molecule has 1 amide bonds. The summed E-state index contributed by atoms with van der Waals surface area (Å²) >= 11 is 0. The van der Waals surface area contributed by atoms with Gasteiger partial charge in [0.2, 0.25) is 0 Å². The molecule has 2 aromatic carbocycles. The molecule has 0 aliphatic carbocycles. The van der Waals surface area contributed by atoms with Crippen LogP contribution in [-0.2, 0) is 11.3 Å². The van der Waals surface area contributed by atoms with Crippen molar-refractivity contribution in [2.24, 2.45) is 0 Å². The van der Waals surface area contributed by atoms with E-state index in [1.165, 1.54) is 31.2 Å². The lowest BCUT2D eigenvalue weighted by molar-refractivity contribution is -0.384. The van der Waals surface area contributed by atoms with Crippen LogP contribution in [0.25, 0.3) is 0 Å². The van der Waals surface area contributed by atoms with Crippen molar-refractivity contribution in [3.8, 4) is 5.75 Å². The summed E-state index contributed by atoms with van der Waals surface area (Å²) in [5.41, 5.74) is 2.15. The summed E-state index contributed by atoms with van der Waals surface area (Å²) in [6, 6.07) is 15.2. The molecule has 3 rings (SSSR count). The van der Waals surface area contributed by atoms with E-state index in [1.54, 1.807) is 0 Å². The summed E-state index contributed by atoms with van der Waals surface area (Å²) < 4.78 is 5.20. The van der Waals surface area contributed by atoms with Gasteiger partial charge in [-0.05, 0) is 31.0 Å². The van der Waals surface area contributed by atoms with Gasteiger partial charge in [-0.15, -0.1) is 0 Å². The molecule has 0 radical (unpaired) electrons. The third kappa shape index (κ3) is 5.49. The molecule has 8 nitrogen and oxygen atoms in total. The highest BCUT2D eigenvalue weighted by molar-refractivity contribution is 5.95. The maximum Gasteiger partial charge on any atom is 0.416 e. The zero-order chi connectivity index (χ0) is 20.8. The van der Waals surface area contributed by atoms with Crippen LogP contribution in [0, 0.1) is 10.1 Å². The number of carbonyl (C=O) groups is 2. The monoisotopic (exact) mass is 395 g/mol. The van der Waals surface area contributed by atoms with Crippen LogP contribution < -0.4 is 10.1 Å². The van der Waals surface area contributed by atoms with Gasteiger partial charge in [0, 0.05) is 43.0 Å². The van der Waals surface area contributed by atoms with E-state index >= 15 is 0 Å². The Morgan fingerprint density at radius 2 is 1.83 bits per heavy atom. The molecule has 0 bridgehead atoms. The molecule has 0 saturated carbocycles. The zero-order valence-corrected chi connectivity index (χ0v) is 16.0. The first-order chi connectivity index (χ1) is 13.9. The summed E-state index contributed by atoms with van der Waals surface area (Å²) in [4.78, 5) is 36.6. The van der Waals surface area contributed by atoms with E-state index < -0.39 is 11.0 Å². The molecule has 0 atom stereocenters. The maximum absolute atomic E-state index is 12.3. The molecule has 29 heavy (non-hydrogen) atoms. The Kier molecular flexibility index (Phi) is 6.36. The largest absolute Gasteiger partial charge is 0.416 e. The van der Waals surface area contributed by atoms with E-state index in [2.05, 4.69) is 10.2 Å². The Morgan fingerprint density at radius 3 is 2.45 bits per heavy atom. The molecule has 1 N–H and O–H groups in total. The first-order valence-electron chi connectivity index (χ1n) is 9.15. The second kappa shape index (κ2) is 9.11. The molecule has 1 aliphatic rings. The minimum atomic E-state index is -0.742. The van der Waals surface area contributed by atoms with Crippen LogP contribution in [0.2, 0.25) is 0 Å². The number of Topliss-reactive ketones (excluding diaryl/α,β-unsaturated/α-hetero) is 1. The van der Waals surface area contributed by atoms with Gasteiger partial charge in [0.15, 0.2) is 5.78 Å². The SMILES string of the molecule is CC(=O)C1=C(NC(=O)Oc2ccc([N+](=O)[O-])cc2)CN(Cc2ccccc2)CC1. The molecule has 150 valence electrons. The number of benzene rings is 2. The molecule has 8 heteroatoms. The minimum absolute atomic E-state index is 0.0880. The van der Waals surface area contributed by atoms with Crippen molar-refractivity contribution in [3.05, 3.63) is 81.5 Å². The van der Waals surface area contributed by atoms with Crippen LogP contribution in [0.3, 0.4) is 0 Å². The number of carbonyl (C=O) groups excluding carboxylic acids is 2. The van der Waals surface area contributed by atoms with E-state index in [1.807, 2.05) is 30.3 Å². The van der Waals surface area contributed by atoms with Gasteiger partial charge in [0.1, 0.15) is 5.75 Å². The van der Waals surface area contributed by atoms with Gasteiger partial charge in [-0.3, -0.25) is 25.1 Å². The van der Waals surface area contributed by atoms with Crippen molar-refractivity contribution in [3.63, 3.8) is 0 Å². The van der Waals surface area contributed by atoms with E-state index in [0.29, 0.717) is 37.3 Å². The number of ketones is 1. The number of ether oxygens (including phenoxy) is 1. The topological polar surface area (TPSA) is 102 Å². The number of nitrogens with one attached hydrogen (secondary N) is 1. The third-order valence-corrected chi connectivity index (χ3v) is 4.61. The number of amides is 1. The first kappa shape index (κ1) is 20.2. The van der Waals surface area contributed by atoms with Gasteiger partial charge in [0.25, 0.3) is 5.69 Å². The van der Waals surface area contributed by atoms with Gasteiger partial charge in [-0.2, -0.15) is 0 Å². The third-order valence-electron chi connectivity index (χ3n) is 4.61. The van der Waals surface area contributed by atoms with Crippen molar-refractivity contribution in [1.82, 2.24) is 10.2 Å². The highest BCUT2D eigenvalue weighted by atomic mass is 16.6. The number of rotatable bonds is 6. The Morgan fingerprint density at radius 1 is 1.14 bits per heavy atom. The summed E-state index contributed by atoms with van der Waals surface area (Å²) in [5, 5.41) is 13.4. The molecule has 0 unspecified atom stereocenters. The average Bonchev–Trinajstić information content (AvgIpc) is 2.69. The number of non-ortho nitro benzene ring substituents is 1. The fraction of sp³-hybridized carbons (Fsp3) is 0.238. The lowest BCUT2D eigenvalue weighted by Gasteiger charge is -2.30. The highest BCUT2D eigenvalue weighted by Gasteiger charge is 2.23. The number of nitro benzene ring substituents is 1. The van der Waals surface area contributed by atoms with Gasteiger partial charge < -0.3 is 4.74 Å². The minimum Gasteiger partial charge on any atom is -0.410 e. The van der Waals surface area contributed by atoms with Gasteiger partial charge in [0.05, 0.1) is 4.92 Å². The van der Waals surface area contributed by atoms with Crippen LogP contribution in [0.1, 0.15) is 18.9 Å². The number of hydrogen-bond donors (Lipinski definition) is 1. The molecule has 2 aromatic rings. The van der Waals surface area contributed by atoms with Crippen molar-refractivity contribution in [2.45, 2.75) is 19.9 Å². The van der Waals surface area contributed by atoms with Crippen molar-refractivity contribution < 1.29 is 19.2 Å². The second-order valence-corrected chi connectivity index (χ2v) is 6.73. The van der Waals surface area contributed by atoms with E-state index in [-0.39, 0.29) is 17.2 Å². The van der Waals surface area contributed by atoms with E-state index in [0.717, 1.165) is 5.56 Å². The summed E-state index contributed by atoms with van der Waals surface area (Å²) in [7, 11) is 0.